The third-order valence-electron chi connectivity index (χ3n) is 2.82. The van der Waals surface area contributed by atoms with Crippen LogP contribution in [0.25, 0.3) is 0 Å². The number of halogens is 1. The van der Waals surface area contributed by atoms with E-state index in [2.05, 4.69) is 22.5 Å². The van der Waals surface area contributed by atoms with Gasteiger partial charge in [0.25, 0.3) is 0 Å². The van der Waals surface area contributed by atoms with Crippen LogP contribution in [0.3, 0.4) is 0 Å². The largest absolute Gasteiger partial charge is 0.316 e. The van der Waals surface area contributed by atoms with Crippen molar-refractivity contribution < 1.29 is 4.79 Å². The molecule has 1 aliphatic rings. The van der Waals surface area contributed by atoms with E-state index in [-0.39, 0.29) is 11.8 Å². The first-order valence-corrected chi connectivity index (χ1v) is 5.69. The lowest BCUT2D eigenvalue weighted by Gasteiger charge is -2.13. The molecule has 0 aromatic carbocycles. The van der Waals surface area contributed by atoms with Gasteiger partial charge in [-0.05, 0) is 24.6 Å². The van der Waals surface area contributed by atoms with E-state index in [9.17, 15) is 4.79 Å². The summed E-state index contributed by atoms with van der Waals surface area (Å²) in [4.78, 5) is 15.9. The van der Waals surface area contributed by atoms with Gasteiger partial charge >= 0.3 is 0 Å². The van der Waals surface area contributed by atoms with Gasteiger partial charge in [0.1, 0.15) is 11.0 Å². The van der Waals surface area contributed by atoms with E-state index >= 15 is 0 Å². The molecule has 4 nitrogen and oxygen atoms in total. The third kappa shape index (κ3) is 2.51. The fourth-order valence-electron chi connectivity index (χ4n) is 1.86. The molecular weight excluding hydrogens is 226 g/mol. The van der Waals surface area contributed by atoms with Gasteiger partial charge in [0.15, 0.2) is 0 Å². The Hall–Kier alpha value is -1.13. The predicted octanol–water partition coefficient (Wildman–Crippen LogP) is 1.53. The lowest BCUT2D eigenvalue weighted by molar-refractivity contribution is -0.120. The Labute approximate surface area is 99.4 Å². The SMILES string of the molecule is CC1CNCC1C(=O)Nc1cccc(Cl)n1. The number of nitrogens with one attached hydrogen (secondary N) is 2. The van der Waals surface area contributed by atoms with Gasteiger partial charge in [-0.1, -0.05) is 24.6 Å². The van der Waals surface area contributed by atoms with Crippen molar-refractivity contribution in [3.63, 3.8) is 0 Å². The van der Waals surface area contributed by atoms with Crippen LogP contribution >= 0.6 is 11.6 Å². The topological polar surface area (TPSA) is 54.0 Å². The summed E-state index contributed by atoms with van der Waals surface area (Å²) >= 11 is 5.74. The fraction of sp³-hybridized carbons (Fsp3) is 0.455. The highest BCUT2D eigenvalue weighted by molar-refractivity contribution is 6.29. The molecular formula is C11H14ClN3O. The fourth-order valence-corrected chi connectivity index (χ4v) is 2.02. The summed E-state index contributed by atoms with van der Waals surface area (Å²) in [6.07, 6.45) is 0. The Morgan fingerprint density at radius 1 is 1.56 bits per heavy atom. The zero-order chi connectivity index (χ0) is 11.5. The van der Waals surface area contributed by atoms with Gasteiger partial charge in [0, 0.05) is 6.54 Å². The molecule has 1 aromatic heterocycles. The number of pyridine rings is 1. The number of carbonyl (C=O) groups excluding carboxylic acids is 1. The molecule has 86 valence electrons. The number of aromatic nitrogens is 1. The number of nitrogens with zero attached hydrogens (tertiary/aromatic N) is 1. The van der Waals surface area contributed by atoms with Crippen LogP contribution in [-0.4, -0.2) is 24.0 Å². The number of amides is 1. The first-order valence-electron chi connectivity index (χ1n) is 5.31. The van der Waals surface area contributed by atoms with E-state index in [0.29, 0.717) is 16.9 Å². The van der Waals surface area contributed by atoms with Crippen LogP contribution in [0.2, 0.25) is 5.15 Å². The highest BCUT2D eigenvalue weighted by Crippen LogP contribution is 2.18. The summed E-state index contributed by atoms with van der Waals surface area (Å²) in [6, 6.07) is 5.18. The average Bonchev–Trinajstić information content (AvgIpc) is 2.64. The van der Waals surface area contributed by atoms with Gasteiger partial charge in [0.2, 0.25) is 5.91 Å². The van der Waals surface area contributed by atoms with Crippen molar-refractivity contribution in [1.82, 2.24) is 10.3 Å². The molecule has 0 saturated carbocycles. The predicted molar refractivity (Wildman–Crippen MR) is 63.4 cm³/mol. The van der Waals surface area contributed by atoms with Gasteiger partial charge in [-0.15, -0.1) is 0 Å². The quantitative estimate of drug-likeness (QED) is 0.770. The molecule has 0 bridgehead atoms. The first kappa shape index (κ1) is 11.4. The maximum absolute atomic E-state index is 11.9. The molecule has 1 amide bonds. The second-order valence-electron chi connectivity index (χ2n) is 4.08. The zero-order valence-corrected chi connectivity index (χ0v) is 9.79. The Morgan fingerprint density at radius 2 is 2.38 bits per heavy atom. The van der Waals surface area contributed by atoms with Crippen molar-refractivity contribution in [2.45, 2.75) is 6.92 Å². The number of hydrogen-bond acceptors (Lipinski definition) is 3. The molecule has 0 spiro atoms. The minimum Gasteiger partial charge on any atom is -0.316 e. The molecule has 1 fully saturated rings. The molecule has 2 atom stereocenters. The Balaban J connectivity index is 2.02. The molecule has 5 heteroatoms. The molecule has 2 rings (SSSR count). The maximum atomic E-state index is 11.9. The van der Waals surface area contributed by atoms with Crippen LogP contribution in [0, 0.1) is 11.8 Å². The summed E-state index contributed by atoms with van der Waals surface area (Å²) in [6.45, 7) is 3.68. The van der Waals surface area contributed by atoms with Crippen LogP contribution in [0.4, 0.5) is 5.82 Å². The number of rotatable bonds is 2. The Morgan fingerprint density at radius 3 is 3.00 bits per heavy atom. The normalized spacial score (nSPS) is 24.4. The molecule has 16 heavy (non-hydrogen) atoms. The molecule has 2 N–H and O–H groups in total. The van der Waals surface area contributed by atoms with Crippen LogP contribution in [0.1, 0.15) is 6.92 Å². The standard InChI is InChI=1S/C11H14ClN3O/c1-7-5-13-6-8(7)11(16)15-10-4-2-3-9(12)14-10/h2-4,7-8,13H,5-6H2,1H3,(H,14,15,16). The average molecular weight is 240 g/mol. The molecule has 2 heterocycles. The van der Waals surface area contributed by atoms with E-state index in [1.54, 1.807) is 18.2 Å². The number of anilines is 1. The third-order valence-corrected chi connectivity index (χ3v) is 3.03. The van der Waals surface area contributed by atoms with E-state index in [4.69, 9.17) is 11.6 Å². The number of carbonyl (C=O) groups is 1. The summed E-state index contributed by atoms with van der Waals surface area (Å²) < 4.78 is 0. The van der Waals surface area contributed by atoms with Crippen molar-refractivity contribution in [2.75, 3.05) is 18.4 Å². The highest BCUT2D eigenvalue weighted by Gasteiger charge is 2.29. The van der Waals surface area contributed by atoms with Gasteiger partial charge in [0.05, 0.1) is 5.92 Å². The van der Waals surface area contributed by atoms with E-state index in [0.717, 1.165) is 13.1 Å². The monoisotopic (exact) mass is 239 g/mol. The summed E-state index contributed by atoms with van der Waals surface area (Å²) in [5, 5.41) is 6.36. The number of hydrogen-bond donors (Lipinski definition) is 2. The van der Waals surface area contributed by atoms with Gasteiger partial charge in [-0.25, -0.2) is 4.98 Å². The van der Waals surface area contributed by atoms with Crippen LogP contribution < -0.4 is 10.6 Å². The molecule has 1 aromatic rings. The summed E-state index contributed by atoms with van der Waals surface area (Å²) in [5.74, 6) is 0.892. The summed E-state index contributed by atoms with van der Waals surface area (Å²) in [7, 11) is 0. The van der Waals surface area contributed by atoms with Crippen molar-refractivity contribution >= 4 is 23.3 Å². The van der Waals surface area contributed by atoms with E-state index in [1.807, 2.05) is 0 Å². The van der Waals surface area contributed by atoms with Crippen molar-refractivity contribution in [1.29, 1.82) is 0 Å². The van der Waals surface area contributed by atoms with Crippen molar-refractivity contribution in [3.05, 3.63) is 23.4 Å². The second kappa shape index (κ2) is 4.80. The Kier molecular flexibility index (Phi) is 3.41. The van der Waals surface area contributed by atoms with Crippen molar-refractivity contribution in [2.24, 2.45) is 11.8 Å². The molecule has 0 radical (unpaired) electrons. The molecule has 1 aliphatic heterocycles. The minimum atomic E-state index is 0.00673. The van der Waals surface area contributed by atoms with Crippen LogP contribution in [0.5, 0.6) is 0 Å². The smallest absolute Gasteiger partial charge is 0.230 e. The highest BCUT2D eigenvalue weighted by atomic mass is 35.5. The van der Waals surface area contributed by atoms with Crippen LogP contribution in [-0.2, 0) is 4.79 Å². The molecule has 2 unspecified atom stereocenters. The lowest BCUT2D eigenvalue weighted by atomic mass is 9.97. The molecule has 0 aliphatic carbocycles. The van der Waals surface area contributed by atoms with Crippen LogP contribution in [0.15, 0.2) is 18.2 Å². The maximum Gasteiger partial charge on any atom is 0.230 e. The first-order chi connectivity index (χ1) is 7.66. The summed E-state index contributed by atoms with van der Waals surface area (Å²) in [5.41, 5.74) is 0. The van der Waals surface area contributed by atoms with Gasteiger partial charge in [-0.3, -0.25) is 4.79 Å². The van der Waals surface area contributed by atoms with Crippen molar-refractivity contribution in [3.8, 4) is 0 Å². The molecule has 1 saturated heterocycles. The zero-order valence-electron chi connectivity index (χ0n) is 9.03. The second-order valence-corrected chi connectivity index (χ2v) is 4.46. The minimum absolute atomic E-state index is 0.00673. The van der Waals surface area contributed by atoms with E-state index in [1.165, 1.54) is 0 Å². The lowest BCUT2D eigenvalue weighted by Crippen LogP contribution is -2.28. The Bertz CT molecular complexity index is 397. The van der Waals surface area contributed by atoms with Gasteiger partial charge < -0.3 is 10.6 Å². The van der Waals surface area contributed by atoms with Gasteiger partial charge in [-0.2, -0.15) is 0 Å². The van der Waals surface area contributed by atoms with E-state index < -0.39 is 0 Å².